The van der Waals surface area contributed by atoms with Gasteiger partial charge >= 0.3 is 0 Å². The van der Waals surface area contributed by atoms with Gasteiger partial charge in [-0.25, -0.2) is 9.78 Å². The van der Waals surface area contributed by atoms with E-state index >= 15 is 0 Å². The maximum absolute atomic E-state index is 5.37. The molecule has 0 N–H and O–H groups in total. The monoisotopic (exact) mass is 338 g/mol. The molecule has 0 saturated heterocycles. The first kappa shape index (κ1) is 22.7. The maximum Gasteiger partial charge on any atom is 0.106 e. The van der Waals surface area contributed by atoms with Gasteiger partial charge in [-0.05, 0) is 13.3 Å². The van der Waals surface area contributed by atoms with E-state index in [9.17, 15) is 0 Å². The van der Waals surface area contributed by atoms with Crippen LogP contribution in [0.15, 0.2) is 0 Å². The largest absolute Gasteiger partial charge is 0.379 e. The predicted octanol–water partition coefficient (Wildman–Crippen LogP) is 1.84. The number of hydrogen-bond acceptors (Lipinski definition) is 7. The molecule has 0 radical (unpaired) electrons. The molecule has 0 aromatic rings. The van der Waals surface area contributed by atoms with Crippen LogP contribution in [0.1, 0.15) is 26.7 Å². The highest BCUT2D eigenvalue weighted by Crippen LogP contribution is 1.89. The highest BCUT2D eigenvalue weighted by atomic mass is 17.2. The molecule has 23 heavy (non-hydrogen) atoms. The summed E-state index contributed by atoms with van der Waals surface area (Å²) in [5.74, 6) is 0. The molecule has 0 bridgehead atoms. The average Bonchev–Trinajstić information content (AvgIpc) is 2.57. The molecule has 7 heteroatoms. The summed E-state index contributed by atoms with van der Waals surface area (Å²) in [6.45, 7) is 11.0. The summed E-state index contributed by atoms with van der Waals surface area (Å²) in [5.41, 5.74) is 0. The van der Waals surface area contributed by atoms with Crippen LogP contribution in [-0.4, -0.2) is 79.3 Å². The van der Waals surface area contributed by atoms with Crippen LogP contribution in [0.4, 0.5) is 0 Å². The van der Waals surface area contributed by atoms with E-state index in [1.807, 2.05) is 6.92 Å². The molecule has 0 fully saturated rings. The van der Waals surface area contributed by atoms with E-state index in [0.29, 0.717) is 72.7 Å². The summed E-state index contributed by atoms with van der Waals surface area (Å²) in [6, 6.07) is 0. The van der Waals surface area contributed by atoms with E-state index in [4.69, 9.17) is 33.5 Å². The second kappa shape index (κ2) is 21.7. The van der Waals surface area contributed by atoms with Crippen LogP contribution < -0.4 is 0 Å². The fraction of sp³-hybridized carbons (Fsp3) is 1.00. The van der Waals surface area contributed by atoms with Crippen molar-refractivity contribution >= 4 is 0 Å². The third-order valence-electron chi connectivity index (χ3n) is 2.67. The minimum atomic E-state index is 0.441. The van der Waals surface area contributed by atoms with Crippen LogP contribution >= 0.6 is 0 Å². The topological polar surface area (TPSA) is 64.6 Å². The highest BCUT2D eigenvalue weighted by molar-refractivity contribution is 4.35. The third-order valence-corrected chi connectivity index (χ3v) is 2.67. The first-order valence-electron chi connectivity index (χ1n) is 8.54. The Labute approximate surface area is 140 Å². The van der Waals surface area contributed by atoms with E-state index in [1.165, 1.54) is 0 Å². The minimum absolute atomic E-state index is 0.441. The first-order chi connectivity index (χ1) is 11.4. The van der Waals surface area contributed by atoms with Crippen LogP contribution in [0.3, 0.4) is 0 Å². The molecule has 0 rings (SSSR count). The predicted molar refractivity (Wildman–Crippen MR) is 86.6 cm³/mol. The van der Waals surface area contributed by atoms with Crippen molar-refractivity contribution in [3.63, 3.8) is 0 Å². The molecule has 0 aromatic carbocycles. The average molecular weight is 338 g/mol. The van der Waals surface area contributed by atoms with Crippen molar-refractivity contribution in [1.29, 1.82) is 0 Å². The molecule has 0 aliphatic heterocycles. The molecule has 0 saturated carbocycles. The van der Waals surface area contributed by atoms with Gasteiger partial charge in [-0.15, -0.1) is 0 Å². The Morgan fingerprint density at radius 3 is 1.26 bits per heavy atom. The molecule has 0 unspecified atom stereocenters. The zero-order valence-electron chi connectivity index (χ0n) is 14.8. The number of ether oxygens (including phenoxy) is 5. The normalized spacial score (nSPS) is 11.2. The zero-order chi connectivity index (χ0) is 16.8. The number of rotatable bonds is 20. The van der Waals surface area contributed by atoms with Crippen LogP contribution in [0.5, 0.6) is 0 Å². The Morgan fingerprint density at radius 1 is 0.435 bits per heavy atom. The van der Waals surface area contributed by atoms with Gasteiger partial charge in [0.15, 0.2) is 0 Å². The molecule has 0 aliphatic carbocycles. The fourth-order valence-electron chi connectivity index (χ4n) is 1.44. The fourth-order valence-corrected chi connectivity index (χ4v) is 1.44. The summed E-state index contributed by atoms with van der Waals surface area (Å²) >= 11 is 0. The van der Waals surface area contributed by atoms with Crippen LogP contribution in [0, 0.1) is 0 Å². The van der Waals surface area contributed by atoms with E-state index < -0.39 is 0 Å². The SMILES string of the molecule is CCCCOOCCOCCOCCOCCOCCOCC. The van der Waals surface area contributed by atoms with Crippen molar-refractivity contribution in [3.05, 3.63) is 0 Å². The molecular formula is C16H34O7. The Hall–Kier alpha value is -0.280. The second-order valence-electron chi connectivity index (χ2n) is 4.64. The molecule has 7 nitrogen and oxygen atoms in total. The van der Waals surface area contributed by atoms with E-state index in [-0.39, 0.29) is 0 Å². The van der Waals surface area contributed by atoms with Gasteiger partial charge in [0.05, 0.1) is 66.1 Å². The van der Waals surface area contributed by atoms with Crippen molar-refractivity contribution in [1.82, 2.24) is 0 Å². The van der Waals surface area contributed by atoms with E-state index in [0.717, 1.165) is 19.4 Å². The maximum atomic E-state index is 5.37. The minimum Gasteiger partial charge on any atom is -0.379 e. The summed E-state index contributed by atoms with van der Waals surface area (Å²) < 4.78 is 26.5. The highest BCUT2D eigenvalue weighted by Gasteiger charge is 1.94. The summed E-state index contributed by atoms with van der Waals surface area (Å²) in [7, 11) is 0. The van der Waals surface area contributed by atoms with Crippen LogP contribution in [-0.2, 0) is 33.5 Å². The molecule has 0 heterocycles. The lowest BCUT2D eigenvalue weighted by Crippen LogP contribution is -2.14. The molecular weight excluding hydrogens is 304 g/mol. The Bertz CT molecular complexity index is 185. The Morgan fingerprint density at radius 2 is 0.826 bits per heavy atom. The van der Waals surface area contributed by atoms with Gasteiger partial charge in [-0.1, -0.05) is 13.3 Å². The Kier molecular flexibility index (Phi) is 21.5. The van der Waals surface area contributed by atoms with Gasteiger partial charge in [0.2, 0.25) is 0 Å². The van der Waals surface area contributed by atoms with Gasteiger partial charge in [0.25, 0.3) is 0 Å². The van der Waals surface area contributed by atoms with Crippen molar-refractivity contribution in [2.75, 3.05) is 79.3 Å². The van der Waals surface area contributed by atoms with E-state index in [1.54, 1.807) is 0 Å². The van der Waals surface area contributed by atoms with Gasteiger partial charge in [-0.2, -0.15) is 0 Å². The lowest BCUT2D eigenvalue weighted by Gasteiger charge is -2.07. The van der Waals surface area contributed by atoms with Crippen LogP contribution in [0.25, 0.3) is 0 Å². The van der Waals surface area contributed by atoms with Gasteiger partial charge in [-0.3, -0.25) is 0 Å². The zero-order valence-corrected chi connectivity index (χ0v) is 14.8. The van der Waals surface area contributed by atoms with Crippen molar-refractivity contribution < 1.29 is 33.5 Å². The van der Waals surface area contributed by atoms with Gasteiger partial charge < -0.3 is 23.7 Å². The van der Waals surface area contributed by atoms with Gasteiger partial charge in [0, 0.05) is 6.61 Å². The van der Waals surface area contributed by atoms with Crippen molar-refractivity contribution in [3.8, 4) is 0 Å². The molecule has 0 aliphatic rings. The molecule has 0 amide bonds. The number of unbranched alkanes of at least 4 members (excludes halogenated alkanes) is 1. The molecule has 0 atom stereocenters. The van der Waals surface area contributed by atoms with Crippen molar-refractivity contribution in [2.45, 2.75) is 26.7 Å². The van der Waals surface area contributed by atoms with Gasteiger partial charge in [0.1, 0.15) is 6.61 Å². The summed E-state index contributed by atoms with van der Waals surface area (Å²) in [5, 5.41) is 0. The quantitative estimate of drug-likeness (QED) is 0.191. The first-order valence-corrected chi connectivity index (χ1v) is 8.54. The summed E-state index contributed by atoms with van der Waals surface area (Å²) in [4.78, 5) is 9.89. The lowest BCUT2D eigenvalue weighted by atomic mass is 10.4. The molecule has 140 valence electrons. The number of hydrogen-bond donors (Lipinski definition) is 0. The lowest BCUT2D eigenvalue weighted by molar-refractivity contribution is -0.299. The molecule has 0 aromatic heterocycles. The van der Waals surface area contributed by atoms with Crippen LogP contribution in [0.2, 0.25) is 0 Å². The van der Waals surface area contributed by atoms with Crippen molar-refractivity contribution in [2.24, 2.45) is 0 Å². The standard InChI is InChI=1S/C16H34O7/c1-3-5-6-22-23-16-15-21-14-13-20-12-11-19-10-9-18-8-7-17-4-2/h3-16H2,1-2H3. The third kappa shape index (κ3) is 21.7. The summed E-state index contributed by atoms with van der Waals surface area (Å²) in [6.07, 6.45) is 2.11. The van der Waals surface area contributed by atoms with E-state index in [2.05, 4.69) is 6.92 Å². The Balaban J connectivity index is 2.92. The smallest absolute Gasteiger partial charge is 0.106 e. The molecule has 0 spiro atoms. The second-order valence-corrected chi connectivity index (χ2v) is 4.64.